The van der Waals surface area contributed by atoms with Crippen molar-refractivity contribution in [2.45, 2.75) is 19.3 Å². The quantitative estimate of drug-likeness (QED) is 0.193. The highest BCUT2D eigenvalue weighted by atomic mass is 16.3. The van der Waals surface area contributed by atoms with Gasteiger partial charge in [-0.3, -0.25) is 0 Å². The van der Waals surface area contributed by atoms with Crippen molar-refractivity contribution >= 4 is 60.5 Å². The van der Waals surface area contributed by atoms with Crippen molar-refractivity contribution in [1.82, 2.24) is 0 Å². The Kier molecular flexibility index (Phi) is 5.95. The average molecular weight is 628 g/mol. The van der Waals surface area contributed by atoms with Crippen molar-refractivity contribution < 1.29 is 4.42 Å². The maximum Gasteiger partial charge on any atom is 0.143 e. The van der Waals surface area contributed by atoms with Crippen LogP contribution in [-0.2, 0) is 5.41 Å². The van der Waals surface area contributed by atoms with Gasteiger partial charge in [-0.1, -0.05) is 135 Å². The second kappa shape index (κ2) is 10.4. The van der Waals surface area contributed by atoms with Crippen LogP contribution in [0.5, 0.6) is 0 Å². The van der Waals surface area contributed by atoms with E-state index in [2.05, 4.69) is 183 Å². The highest BCUT2D eigenvalue weighted by Crippen LogP contribution is 2.52. The minimum absolute atomic E-state index is 0.122. The fourth-order valence-electron chi connectivity index (χ4n) is 8.15. The molecule has 0 saturated heterocycles. The van der Waals surface area contributed by atoms with E-state index >= 15 is 0 Å². The lowest BCUT2D eigenvalue weighted by Crippen LogP contribution is -2.17. The minimum atomic E-state index is -0.122. The Hall–Kier alpha value is -6.12. The third-order valence-corrected chi connectivity index (χ3v) is 10.6. The van der Waals surface area contributed by atoms with E-state index in [-0.39, 0.29) is 5.41 Å². The van der Waals surface area contributed by atoms with Gasteiger partial charge in [0, 0.05) is 44.6 Å². The molecule has 0 fully saturated rings. The van der Waals surface area contributed by atoms with Gasteiger partial charge in [0.05, 0.1) is 5.69 Å². The number of rotatable bonds is 4. The molecule has 0 bridgehead atoms. The van der Waals surface area contributed by atoms with Crippen LogP contribution in [0.4, 0.5) is 17.1 Å². The van der Waals surface area contributed by atoms with Crippen molar-refractivity contribution in [3.8, 4) is 22.3 Å². The number of hydrogen-bond donors (Lipinski definition) is 0. The Balaban J connectivity index is 1.28. The third-order valence-electron chi connectivity index (χ3n) is 10.6. The summed E-state index contributed by atoms with van der Waals surface area (Å²) in [6.07, 6.45) is 0. The van der Waals surface area contributed by atoms with Gasteiger partial charge >= 0.3 is 0 Å². The van der Waals surface area contributed by atoms with Crippen LogP contribution in [0.15, 0.2) is 168 Å². The minimum Gasteiger partial charge on any atom is -0.455 e. The molecule has 0 radical (unpaired) electrons. The van der Waals surface area contributed by atoms with Gasteiger partial charge in [0.2, 0.25) is 0 Å². The maximum atomic E-state index is 6.81. The summed E-state index contributed by atoms with van der Waals surface area (Å²) < 4.78 is 6.81. The molecule has 232 valence electrons. The molecule has 9 aromatic rings. The van der Waals surface area contributed by atoms with Crippen LogP contribution in [0.2, 0.25) is 0 Å². The molecule has 0 aliphatic heterocycles. The van der Waals surface area contributed by atoms with Crippen LogP contribution < -0.4 is 4.90 Å². The molecule has 0 saturated carbocycles. The monoisotopic (exact) mass is 627 g/mol. The zero-order valence-electron chi connectivity index (χ0n) is 27.4. The van der Waals surface area contributed by atoms with Crippen molar-refractivity contribution in [2.24, 2.45) is 0 Å². The van der Waals surface area contributed by atoms with E-state index in [9.17, 15) is 0 Å². The molecule has 0 N–H and O–H groups in total. The summed E-state index contributed by atoms with van der Waals surface area (Å²) in [5.41, 5.74) is 12.6. The first-order valence-electron chi connectivity index (χ1n) is 17.0. The van der Waals surface area contributed by atoms with Gasteiger partial charge in [0.15, 0.2) is 0 Å². The van der Waals surface area contributed by atoms with E-state index < -0.39 is 0 Å². The summed E-state index contributed by atoms with van der Waals surface area (Å²) in [6.45, 7) is 4.70. The Bertz CT molecular complexity index is 2750. The summed E-state index contributed by atoms with van der Waals surface area (Å²) in [6, 6.07) is 59.5. The number of fused-ring (bicyclic) bond motifs is 9. The van der Waals surface area contributed by atoms with Crippen molar-refractivity contribution in [3.63, 3.8) is 0 Å². The molecule has 0 spiro atoms. The summed E-state index contributed by atoms with van der Waals surface area (Å²) in [5.74, 6) is 0. The molecule has 49 heavy (non-hydrogen) atoms. The molecule has 1 aliphatic rings. The fraction of sp³-hybridized carbons (Fsp3) is 0.0638. The van der Waals surface area contributed by atoms with Gasteiger partial charge in [0.25, 0.3) is 0 Å². The van der Waals surface area contributed by atoms with Gasteiger partial charge in [-0.2, -0.15) is 0 Å². The van der Waals surface area contributed by atoms with Crippen molar-refractivity contribution in [3.05, 3.63) is 175 Å². The van der Waals surface area contributed by atoms with Crippen molar-refractivity contribution in [1.29, 1.82) is 0 Å². The Morgan fingerprint density at radius 3 is 2.00 bits per heavy atom. The topological polar surface area (TPSA) is 16.4 Å². The van der Waals surface area contributed by atoms with Crippen LogP contribution in [0, 0.1) is 0 Å². The molecule has 1 aliphatic carbocycles. The molecule has 10 rings (SSSR count). The van der Waals surface area contributed by atoms with E-state index in [0.717, 1.165) is 55.5 Å². The Morgan fingerprint density at radius 1 is 0.449 bits per heavy atom. The fourth-order valence-corrected chi connectivity index (χ4v) is 8.15. The van der Waals surface area contributed by atoms with E-state index in [1.807, 2.05) is 0 Å². The van der Waals surface area contributed by atoms with E-state index in [4.69, 9.17) is 4.42 Å². The highest BCUT2D eigenvalue weighted by molar-refractivity contribution is 6.17. The van der Waals surface area contributed by atoms with E-state index in [1.165, 1.54) is 38.4 Å². The molecule has 1 heterocycles. The lowest BCUT2D eigenvalue weighted by atomic mass is 9.82. The first-order chi connectivity index (χ1) is 24.0. The summed E-state index contributed by atoms with van der Waals surface area (Å²) in [5, 5.41) is 6.98. The highest BCUT2D eigenvalue weighted by Gasteiger charge is 2.36. The van der Waals surface area contributed by atoms with Gasteiger partial charge in [-0.25, -0.2) is 0 Å². The van der Waals surface area contributed by atoms with Crippen LogP contribution in [0.25, 0.3) is 65.7 Å². The number of benzene rings is 8. The Labute approximate surface area is 285 Å². The van der Waals surface area contributed by atoms with Gasteiger partial charge < -0.3 is 9.32 Å². The molecule has 1 aromatic heterocycles. The maximum absolute atomic E-state index is 6.81. The summed E-state index contributed by atoms with van der Waals surface area (Å²) >= 11 is 0. The summed E-state index contributed by atoms with van der Waals surface area (Å²) in [4.78, 5) is 2.43. The molecule has 8 aromatic carbocycles. The third kappa shape index (κ3) is 4.20. The number of anilines is 3. The lowest BCUT2D eigenvalue weighted by molar-refractivity contribution is 0.660. The molecule has 0 atom stereocenters. The predicted molar refractivity (Wildman–Crippen MR) is 206 cm³/mol. The number of furan rings is 1. The van der Waals surface area contributed by atoms with Crippen LogP contribution in [0.1, 0.15) is 25.0 Å². The Morgan fingerprint density at radius 2 is 1.12 bits per heavy atom. The number of hydrogen-bond acceptors (Lipinski definition) is 2. The molecular formula is C47H33NO. The molecule has 2 nitrogen and oxygen atoms in total. The molecule has 0 unspecified atom stereocenters. The normalized spacial score (nSPS) is 13.3. The lowest BCUT2D eigenvalue weighted by Gasteiger charge is -2.30. The summed E-state index contributed by atoms with van der Waals surface area (Å²) in [7, 11) is 0. The SMILES string of the molecule is CC1(C)c2ccccc2-c2ccc(N(c3ccc4ccccc4c3)c3cc4oc5c6ccccc6ccc5c4cc3-c3ccccc3)cc21. The first-order valence-corrected chi connectivity index (χ1v) is 17.0. The van der Waals surface area contributed by atoms with E-state index in [0.29, 0.717) is 0 Å². The first kappa shape index (κ1) is 27.9. The second-order valence-electron chi connectivity index (χ2n) is 13.8. The van der Waals surface area contributed by atoms with Gasteiger partial charge in [-0.15, -0.1) is 0 Å². The molecular weight excluding hydrogens is 595 g/mol. The molecule has 2 heteroatoms. The van der Waals surface area contributed by atoms with Crippen LogP contribution in [-0.4, -0.2) is 0 Å². The van der Waals surface area contributed by atoms with Crippen LogP contribution in [0.3, 0.4) is 0 Å². The second-order valence-corrected chi connectivity index (χ2v) is 13.8. The number of nitrogens with zero attached hydrogens (tertiary/aromatic N) is 1. The average Bonchev–Trinajstić information content (AvgIpc) is 3.63. The zero-order valence-corrected chi connectivity index (χ0v) is 27.4. The molecule has 0 amide bonds. The predicted octanol–water partition coefficient (Wildman–Crippen LogP) is 13.3. The van der Waals surface area contributed by atoms with Crippen LogP contribution >= 0.6 is 0 Å². The van der Waals surface area contributed by atoms with E-state index in [1.54, 1.807) is 0 Å². The zero-order chi connectivity index (χ0) is 32.7. The largest absolute Gasteiger partial charge is 0.455 e. The standard InChI is InChI=1S/C47H33NO/c1-47(2)42-19-11-10-18-37(42)38-25-23-35(27-43(38)47)48(34-22-20-30-12-6-7-16-33(30)26-34)44-29-45-41(28-40(44)31-13-4-3-5-14-31)39-24-21-32-15-8-9-17-36(32)46(39)49-45/h3-29H,1-2H3. The van der Waals surface area contributed by atoms with Crippen molar-refractivity contribution in [2.75, 3.05) is 4.90 Å². The van der Waals surface area contributed by atoms with Gasteiger partial charge in [0.1, 0.15) is 11.2 Å². The van der Waals surface area contributed by atoms with Gasteiger partial charge in [-0.05, 0) is 80.4 Å². The smallest absolute Gasteiger partial charge is 0.143 e.